The van der Waals surface area contributed by atoms with E-state index in [4.69, 9.17) is 0 Å². The van der Waals surface area contributed by atoms with Crippen LogP contribution in [0.1, 0.15) is 18.9 Å². The van der Waals surface area contributed by atoms with Gasteiger partial charge in [0, 0.05) is 25.0 Å². The number of aryl methyl sites for hydroxylation is 1. The molecule has 0 aliphatic carbocycles. The highest BCUT2D eigenvalue weighted by Gasteiger charge is 1.93. The van der Waals surface area contributed by atoms with Crippen LogP contribution in [0.2, 0.25) is 0 Å². The molecule has 4 nitrogen and oxygen atoms in total. The molecule has 0 aromatic carbocycles. The Morgan fingerprint density at radius 3 is 3.08 bits per heavy atom. The lowest BCUT2D eigenvalue weighted by molar-refractivity contribution is -0.400. The predicted octanol–water partition coefficient (Wildman–Crippen LogP) is 2.15. The van der Waals surface area contributed by atoms with E-state index in [1.54, 1.807) is 0 Å². The molecule has 0 spiro atoms. The van der Waals surface area contributed by atoms with Crippen molar-refractivity contribution in [3.63, 3.8) is 0 Å². The number of hydrogen-bond acceptors (Lipinski definition) is 2. The van der Waals surface area contributed by atoms with E-state index >= 15 is 0 Å². The van der Waals surface area contributed by atoms with Gasteiger partial charge in [-0.25, -0.2) is 0 Å². The first-order chi connectivity index (χ1) is 6.22. The maximum Gasteiger partial charge on any atom is 0.235 e. The van der Waals surface area contributed by atoms with Crippen molar-refractivity contribution in [3.05, 3.63) is 40.3 Å². The minimum atomic E-state index is -0.461. The molecule has 0 N–H and O–H groups in total. The van der Waals surface area contributed by atoms with Gasteiger partial charge < -0.3 is 4.57 Å². The molecule has 0 saturated carbocycles. The third-order valence-corrected chi connectivity index (χ3v) is 1.64. The zero-order valence-corrected chi connectivity index (χ0v) is 7.51. The highest BCUT2D eigenvalue weighted by molar-refractivity contribution is 5.46. The lowest BCUT2D eigenvalue weighted by Crippen LogP contribution is -1.90. The van der Waals surface area contributed by atoms with E-state index in [0.717, 1.165) is 24.7 Å². The van der Waals surface area contributed by atoms with Gasteiger partial charge in [-0.05, 0) is 18.1 Å². The average Bonchev–Trinajstić information content (AvgIpc) is 2.50. The van der Waals surface area contributed by atoms with E-state index in [9.17, 15) is 10.1 Å². The average molecular weight is 180 g/mol. The third kappa shape index (κ3) is 3.11. The second-order valence-corrected chi connectivity index (χ2v) is 2.78. The molecule has 70 valence electrons. The number of hydrogen-bond donors (Lipinski definition) is 0. The first-order valence-electron chi connectivity index (χ1n) is 4.20. The zero-order valence-electron chi connectivity index (χ0n) is 7.51. The van der Waals surface area contributed by atoms with Gasteiger partial charge in [-0.2, -0.15) is 0 Å². The van der Waals surface area contributed by atoms with E-state index < -0.39 is 4.92 Å². The second-order valence-electron chi connectivity index (χ2n) is 2.78. The molecular formula is C9H12N2O2. The fourth-order valence-corrected chi connectivity index (χ4v) is 1.10. The van der Waals surface area contributed by atoms with Crippen molar-refractivity contribution in [2.24, 2.45) is 0 Å². The summed E-state index contributed by atoms with van der Waals surface area (Å²) in [6.45, 7) is 3.04. The minimum absolute atomic E-state index is 0.461. The topological polar surface area (TPSA) is 48.1 Å². The zero-order chi connectivity index (χ0) is 9.68. The molecule has 0 saturated heterocycles. The Balaban J connectivity index is 2.63. The summed E-state index contributed by atoms with van der Waals surface area (Å²) in [6, 6.07) is 1.86. The van der Waals surface area contributed by atoms with Crippen LogP contribution in [0.4, 0.5) is 0 Å². The van der Waals surface area contributed by atoms with Crippen molar-refractivity contribution in [1.82, 2.24) is 4.57 Å². The van der Waals surface area contributed by atoms with Crippen LogP contribution in [-0.2, 0) is 6.54 Å². The van der Waals surface area contributed by atoms with Crippen molar-refractivity contribution in [1.29, 1.82) is 0 Å². The molecule has 0 aliphatic rings. The smallest absolute Gasteiger partial charge is 0.235 e. The number of aromatic nitrogens is 1. The summed E-state index contributed by atoms with van der Waals surface area (Å²) >= 11 is 0. The van der Waals surface area contributed by atoms with Gasteiger partial charge in [0.1, 0.15) is 0 Å². The molecular weight excluding hydrogens is 168 g/mol. The quantitative estimate of drug-likeness (QED) is 0.526. The van der Waals surface area contributed by atoms with Gasteiger partial charge in [0.2, 0.25) is 6.20 Å². The van der Waals surface area contributed by atoms with Crippen molar-refractivity contribution in [2.75, 3.05) is 0 Å². The number of nitrogens with zero attached hydrogens (tertiary/aromatic N) is 2. The molecule has 0 unspecified atom stereocenters. The largest absolute Gasteiger partial charge is 0.354 e. The van der Waals surface area contributed by atoms with Gasteiger partial charge in [0.15, 0.2) is 0 Å². The second kappa shape index (κ2) is 4.45. The van der Waals surface area contributed by atoms with Crippen LogP contribution in [0, 0.1) is 10.1 Å². The van der Waals surface area contributed by atoms with Crippen molar-refractivity contribution in [3.8, 4) is 0 Å². The summed E-state index contributed by atoms with van der Waals surface area (Å²) in [6.07, 6.45) is 7.32. The van der Waals surface area contributed by atoms with Crippen LogP contribution in [-0.4, -0.2) is 9.49 Å². The van der Waals surface area contributed by atoms with Crippen molar-refractivity contribution < 1.29 is 4.92 Å². The van der Waals surface area contributed by atoms with Gasteiger partial charge in [-0.3, -0.25) is 10.1 Å². The molecule has 1 rings (SSSR count). The van der Waals surface area contributed by atoms with E-state index in [-0.39, 0.29) is 0 Å². The Kier molecular flexibility index (Phi) is 3.25. The predicted molar refractivity (Wildman–Crippen MR) is 50.8 cm³/mol. The molecule has 0 atom stereocenters. The summed E-state index contributed by atoms with van der Waals surface area (Å²) in [5.74, 6) is 0. The Hall–Kier alpha value is -1.58. The highest BCUT2D eigenvalue weighted by Crippen LogP contribution is 2.04. The standard InChI is InChI=1S/C9H12N2O2/c1-2-5-10-6-3-9(8-10)4-7-11(12)13/h3-4,6-8H,2,5H2,1H3. The lowest BCUT2D eigenvalue weighted by atomic mass is 10.3. The van der Waals surface area contributed by atoms with Gasteiger partial charge >= 0.3 is 0 Å². The summed E-state index contributed by atoms with van der Waals surface area (Å²) in [5, 5.41) is 10.0. The number of nitro groups is 1. The van der Waals surface area contributed by atoms with E-state index in [0.29, 0.717) is 0 Å². The van der Waals surface area contributed by atoms with Crippen LogP contribution in [0.5, 0.6) is 0 Å². The normalized spacial score (nSPS) is 10.8. The van der Waals surface area contributed by atoms with E-state index in [1.807, 2.05) is 23.0 Å². The third-order valence-electron chi connectivity index (χ3n) is 1.64. The summed E-state index contributed by atoms with van der Waals surface area (Å²) in [5.41, 5.74) is 0.866. The first-order valence-corrected chi connectivity index (χ1v) is 4.20. The first kappa shape index (κ1) is 9.51. The van der Waals surface area contributed by atoms with Gasteiger partial charge in [0.25, 0.3) is 0 Å². The summed E-state index contributed by atoms with van der Waals surface area (Å²) < 4.78 is 2.01. The lowest BCUT2D eigenvalue weighted by Gasteiger charge is -1.95. The van der Waals surface area contributed by atoms with Crippen LogP contribution < -0.4 is 0 Å². The summed E-state index contributed by atoms with van der Waals surface area (Å²) in [4.78, 5) is 9.56. The van der Waals surface area contributed by atoms with Crippen LogP contribution in [0.25, 0.3) is 6.08 Å². The van der Waals surface area contributed by atoms with Crippen LogP contribution >= 0.6 is 0 Å². The molecule has 13 heavy (non-hydrogen) atoms. The maximum absolute atomic E-state index is 10.0. The molecule has 0 aliphatic heterocycles. The van der Waals surface area contributed by atoms with Crippen LogP contribution in [0.15, 0.2) is 24.7 Å². The van der Waals surface area contributed by atoms with Crippen molar-refractivity contribution in [2.45, 2.75) is 19.9 Å². The molecule has 0 bridgehead atoms. The molecule has 1 aromatic heterocycles. The van der Waals surface area contributed by atoms with Gasteiger partial charge in [0.05, 0.1) is 4.92 Å². The molecule has 0 fully saturated rings. The molecule has 0 amide bonds. The molecule has 0 radical (unpaired) electrons. The van der Waals surface area contributed by atoms with Gasteiger partial charge in [-0.1, -0.05) is 6.92 Å². The number of rotatable bonds is 4. The Labute approximate surface area is 76.6 Å². The molecule has 1 heterocycles. The fourth-order valence-electron chi connectivity index (χ4n) is 1.10. The van der Waals surface area contributed by atoms with Crippen LogP contribution in [0.3, 0.4) is 0 Å². The molecule has 4 heteroatoms. The fraction of sp³-hybridized carbons (Fsp3) is 0.333. The van der Waals surface area contributed by atoms with E-state index in [2.05, 4.69) is 6.92 Å². The Bertz CT molecular complexity index is 315. The van der Waals surface area contributed by atoms with E-state index in [1.165, 1.54) is 6.08 Å². The summed E-state index contributed by atoms with van der Waals surface area (Å²) in [7, 11) is 0. The maximum atomic E-state index is 10.0. The van der Waals surface area contributed by atoms with Gasteiger partial charge in [-0.15, -0.1) is 0 Å². The van der Waals surface area contributed by atoms with Crippen molar-refractivity contribution >= 4 is 6.08 Å². The Morgan fingerprint density at radius 1 is 1.69 bits per heavy atom. The Morgan fingerprint density at radius 2 is 2.46 bits per heavy atom. The molecule has 1 aromatic rings. The minimum Gasteiger partial charge on any atom is -0.354 e. The monoisotopic (exact) mass is 180 g/mol. The highest BCUT2D eigenvalue weighted by atomic mass is 16.6. The SMILES string of the molecule is CCCn1ccc(C=C[N+](=O)[O-])c1.